The standard InChI is InChI=1S/C24H29N5OS/c1-5-29-22-10-8-18(31(30)6-2)14-19(22)23(28-29)20-9-7-16(15-27-20)21-13-17(11-12-26-21)24(3,4)25/h7-15,21,26H,5-6,25H2,1-4H3/t21?,31-/m1/s1. The maximum atomic E-state index is 12.3. The molecule has 3 heterocycles. The van der Waals surface area contributed by atoms with Crippen molar-refractivity contribution in [3.63, 3.8) is 0 Å². The van der Waals surface area contributed by atoms with Gasteiger partial charge in [0.2, 0.25) is 0 Å². The molecule has 1 aliphatic rings. The molecule has 2 aromatic heterocycles. The summed E-state index contributed by atoms with van der Waals surface area (Å²) in [5.41, 5.74) is 10.7. The average Bonchev–Trinajstić information content (AvgIpc) is 3.16. The van der Waals surface area contributed by atoms with Gasteiger partial charge in [0, 0.05) is 34.3 Å². The van der Waals surface area contributed by atoms with Gasteiger partial charge in [-0.15, -0.1) is 0 Å². The Morgan fingerprint density at radius 1 is 1.23 bits per heavy atom. The van der Waals surface area contributed by atoms with Crippen molar-refractivity contribution < 1.29 is 4.21 Å². The number of pyridine rings is 1. The molecule has 1 unspecified atom stereocenters. The summed E-state index contributed by atoms with van der Waals surface area (Å²) in [5.74, 6) is 0.591. The summed E-state index contributed by atoms with van der Waals surface area (Å²) in [6.45, 7) is 8.75. The number of dihydropyridines is 1. The smallest absolute Gasteiger partial charge is 0.119 e. The van der Waals surface area contributed by atoms with Gasteiger partial charge in [0.25, 0.3) is 0 Å². The van der Waals surface area contributed by atoms with Crippen LogP contribution in [0, 0.1) is 0 Å². The molecule has 0 saturated carbocycles. The molecule has 0 spiro atoms. The first-order chi connectivity index (χ1) is 14.8. The lowest BCUT2D eigenvalue weighted by molar-refractivity contribution is 0.603. The summed E-state index contributed by atoms with van der Waals surface area (Å²) >= 11 is 0. The normalized spacial score (nSPS) is 17.5. The zero-order chi connectivity index (χ0) is 22.2. The number of aryl methyl sites for hydroxylation is 1. The van der Waals surface area contributed by atoms with Crippen molar-refractivity contribution in [2.45, 2.75) is 50.7 Å². The second-order valence-corrected chi connectivity index (χ2v) is 10.0. The van der Waals surface area contributed by atoms with Crippen LogP contribution in [0.4, 0.5) is 0 Å². The van der Waals surface area contributed by atoms with E-state index in [1.165, 1.54) is 0 Å². The van der Waals surface area contributed by atoms with Gasteiger partial charge in [-0.1, -0.05) is 19.1 Å². The van der Waals surface area contributed by atoms with Crippen LogP contribution in [0.2, 0.25) is 0 Å². The molecule has 0 saturated heterocycles. The molecular formula is C24H29N5OS. The second kappa shape index (κ2) is 8.40. The molecule has 0 radical (unpaired) electrons. The number of hydrogen-bond acceptors (Lipinski definition) is 5. The highest BCUT2D eigenvalue weighted by Crippen LogP contribution is 2.30. The molecule has 0 amide bonds. The SMILES string of the molecule is CCn1nc(-c2ccc(C3C=C(C(C)(C)N)C=CN3)cn2)c2cc([S@](=O)CC)ccc21. The minimum Gasteiger partial charge on any atom is -0.381 e. The van der Waals surface area contributed by atoms with E-state index in [0.29, 0.717) is 5.75 Å². The maximum absolute atomic E-state index is 12.3. The van der Waals surface area contributed by atoms with Gasteiger partial charge < -0.3 is 11.1 Å². The molecule has 0 bridgehead atoms. The highest BCUT2D eigenvalue weighted by Gasteiger charge is 2.21. The summed E-state index contributed by atoms with van der Waals surface area (Å²) in [4.78, 5) is 5.55. The van der Waals surface area contributed by atoms with Gasteiger partial charge in [0.05, 0.1) is 28.1 Å². The van der Waals surface area contributed by atoms with Crippen LogP contribution in [0.1, 0.15) is 39.3 Å². The van der Waals surface area contributed by atoms with E-state index in [4.69, 9.17) is 15.8 Å². The van der Waals surface area contributed by atoms with Crippen LogP contribution >= 0.6 is 0 Å². The molecule has 162 valence electrons. The van der Waals surface area contributed by atoms with Crippen LogP contribution in [0.5, 0.6) is 0 Å². The van der Waals surface area contributed by atoms with E-state index < -0.39 is 16.3 Å². The number of nitrogens with two attached hydrogens (primary N) is 1. The van der Waals surface area contributed by atoms with E-state index in [-0.39, 0.29) is 6.04 Å². The lowest BCUT2D eigenvalue weighted by Gasteiger charge is -2.26. The highest BCUT2D eigenvalue weighted by atomic mass is 32.2. The Bertz CT molecular complexity index is 1190. The molecular weight excluding hydrogens is 406 g/mol. The Labute approximate surface area is 185 Å². The Morgan fingerprint density at radius 3 is 2.68 bits per heavy atom. The Hall–Kier alpha value is -2.77. The van der Waals surface area contributed by atoms with E-state index >= 15 is 0 Å². The van der Waals surface area contributed by atoms with Gasteiger partial charge in [-0.25, -0.2) is 0 Å². The van der Waals surface area contributed by atoms with Crippen molar-refractivity contribution in [1.29, 1.82) is 0 Å². The number of nitrogens with one attached hydrogen (secondary N) is 1. The minimum atomic E-state index is -1.01. The Morgan fingerprint density at radius 2 is 2.03 bits per heavy atom. The molecule has 3 N–H and O–H groups in total. The number of nitrogens with zero attached hydrogens (tertiary/aromatic N) is 3. The van der Waals surface area contributed by atoms with Crippen LogP contribution in [-0.4, -0.2) is 30.3 Å². The minimum absolute atomic E-state index is 0.0212. The van der Waals surface area contributed by atoms with Crippen molar-refractivity contribution in [1.82, 2.24) is 20.1 Å². The van der Waals surface area contributed by atoms with Crippen LogP contribution in [-0.2, 0) is 17.3 Å². The largest absolute Gasteiger partial charge is 0.381 e. The predicted molar refractivity (Wildman–Crippen MR) is 127 cm³/mol. The van der Waals surface area contributed by atoms with Gasteiger partial charge in [-0.3, -0.25) is 13.9 Å². The Balaban J connectivity index is 1.72. The summed E-state index contributed by atoms with van der Waals surface area (Å²) in [6, 6.07) is 10.0. The van der Waals surface area contributed by atoms with Gasteiger partial charge >= 0.3 is 0 Å². The van der Waals surface area contributed by atoms with Crippen molar-refractivity contribution in [2.24, 2.45) is 5.73 Å². The van der Waals surface area contributed by atoms with E-state index in [0.717, 1.165) is 44.9 Å². The van der Waals surface area contributed by atoms with Crippen LogP contribution < -0.4 is 11.1 Å². The topological polar surface area (TPSA) is 85.8 Å². The van der Waals surface area contributed by atoms with Crippen molar-refractivity contribution in [3.05, 3.63) is 66.0 Å². The third-order valence-electron chi connectivity index (χ3n) is 5.56. The van der Waals surface area contributed by atoms with Gasteiger partial charge in [0.1, 0.15) is 5.69 Å². The van der Waals surface area contributed by atoms with E-state index in [1.807, 2.05) is 68.2 Å². The van der Waals surface area contributed by atoms with Crippen LogP contribution in [0.15, 0.2) is 65.3 Å². The third kappa shape index (κ3) is 4.20. The summed E-state index contributed by atoms with van der Waals surface area (Å²) < 4.78 is 14.3. The molecule has 2 atom stereocenters. The number of hydrogen-bond donors (Lipinski definition) is 2. The molecule has 3 aromatic rings. The predicted octanol–water partition coefficient (Wildman–Crippen LogP) is 4.07. The van der Waals surface area contributed by atoms with Crippen molar-refractivity contribution >= 4 is 21.7 Å². The molecule has 31 heavy (non-hydrogen) atoms. The molecule has 1 aliphatic heterocycles. The monoisotopic (exact) mass is 435 g/mol. The maximum Gasteiger partial charge on any atom is 0.119 e. The quantitative estimate of drug-likeness (QED) is 0.610. The molecule has 7 heteroatoms. The first-order valence-corrected chi connectivity index (χ1v) is 11.9. The number of benzene rings is 1. The number of fused-ring (bicyclic) bond motifs is 1. The average molecular weight is 436 g/mol. The second-order valence-electron chi connectivity index (χ2n) is 8.28. The fraction of sp³-hybridized carbons (Fsp3) is 0.333. The molecule has 6 nitrogen and oxygen atoms in total. The van der Waals surface area contributed by atoms with E-state index in [1.54, 1.807) is 0 Å². The lowest BCUT2D eigenvalue weighted by Crippen LogP contribution is -2.35. The zero-order valence-electron chi connectivity index (χ0n) is 18.4. The summed E-state index contributed by atoms with van der Waals surface area (Å²) in [5, 5.41) is 9.13. The summed E-state index contributed by atoms with van der Waals surface area (Å²) in [6.07, 6.45) is 7.98. The van der Waals surface area contributed by atoms with E-state index in [9.17, 15) is 4.21 Å². The van der Waals surface area contributed by atoms with Crippen molar-refractivity contribution in [3.8, 4) is 11.4 Å². The third-order valence-corrected chi connectivity index (χ3v) is 6.87. The van der Waals surface area contributed by atoms with Gasteiger partial charge in [-0.05, 0) is 68.4 Å². The molecule has 1 aromatic carbocycles. The molecule has 0 aliphatic carbocycles. The Kier molecular flexibility index (Phi) is 5.81. The van der Waals surface area contributed by atoms with Gasteiger partial charge in [-0.2, -0.15) is 5.10 Å². The van der Waals surface area contributed by atoms with E-state index in [2.05, 4.69) is 24.4 Å². The van der Waals surface area contributed by atoms with Crippen LogP contribution in [0.25, 0.3) is 22.3 Å². The number of aromatic nitrogens is 3. The fourth-order valence-electron chi connectivity index (χ4n) is 3.77. The molecule has 0 fully saturated rings. The lowest BCUT2D eigenvalue weighted by atomic mass is 9.90. The van der Waals surface area contributed by atoms with Crippen LogP contribution in [0.3, 0.4) is 0 Å². The summed E-state index contributed by atoms with van der Waals surface area (Å²) in [7, 11) is -1.01. The fourth-order valence-corrected chi connectivity index (χ4v) is 4.58. The van der Waals surface area contributed by atoms with Gasteiger partial charge in [0.15, 0.2) is 0 Å². The van der Waals surface area contributed by atoms with Crippen molar-refractivity contribution in [2.75, 3.05) is 5.75 Å². The first-order valence-electron chi connectivity index (χ1n) is 10.6. The number of rotatable bonds is 6. The zero-order valence-corrected chi connectivity index (χ0v) is 19.2. The first kappa shape index (κ1) is 21.5. The highest BCUT2D eigenvalue weighted by molar-refractivity contribution is 7.85. The molecule has 4 rings (SSSR count).